The van der Waals surface area contributed by atoms with Crippen LogP contribution in [0.25, 0.3) is 5.65 Å². The van der Waals surface area contributed by atoms with Crippen LogP contribution in [0.5, 0.6) is 0 Å². The van der Waals surface area contributed by atoms with Gasteiger partial charge < -0.3 is 9.88 Å². The van der Waals surface area contributed by atoms with Crippen LogP contribution in [0.2, 0.25) is 0 Å². The van der Waals surface area contributed by atoms with Gasteiger partial charge in [-0.15, -0.1) is 0 Å². The topological polar surface area (TPSA) is 51.3 Å². The summed E-state index contributed by atoms with van der Waals surface area (Å²) in [5.74, 6) is -0.741. The molecule has 120 valence electrons. The molecule has 0 spiro atoms. The van der Waals surface area contributed by atoms with E-state index in [0.717, 1.165) is 11.7 Å². The number of carbonyl (C=O) groups is 1. The Bertz CT molecular complexity index is 834. The maximum absolute atomic E-state index is 12.9. The van der Waals surface area contributed by atoms with Crippen LogP contribution >= 0.6 is 0 Å². The number of fused-ring (bicyclic) bond motifs is 1. The zero-order chi connectivity index (χ0) is 16.4. The molecule has 23 heavy (non-hydrogen) atoms. The van der Waals surface area contributed by atoms with Crippen LogP contribution in [0.1, 0.15) is 15.9 Å². The van der Waals surface area contributed by atoms with Crippen molar-refractivity contribution in [1.29, 1.82) is 0 Å². The molecule has 5 nitrogen and oxygen atoms in total. The number of benzene rings is 1. The number of imidazole rings is 1. The van der Waals surface area contributed by atoms with E-state index in [2.05, 4.69) is 10.4 Å². The predicted octanol–water partition coefficient (Wildman–Crippen LogP) is 2.58. The van der Waals surface area contributed by atoms with Gasteiger partial charge >= 0.3 is 6.18 Å². The largest absolute Gasteiger partial charge is 0.417 e. The average Bonchev–Trinajstić information content (AvgIpc) is 3.11. The van der Waals surface area contributed by atoms with Crippen molar-refractivity contribution in [2.45, 2.75) is 12.7 Å². The number of hydrogen-bond donors (Lipinski definition) is 1. The first kappa shape index (κ1) is 15.1. The highest BCUT2D eigenvalue weighted by molar-refractivity contribution is 5.95. The molecule has 2 heterocycles. The first-order chi connectivity index (χ1) is 11.0. The molecule has 0 aliphatic carbocycles. The summed E-state index contributed by atoms with van der Waals surface area (Å²) in [6.45, 7) is 0.642. The van der Waals surface area contributed by atoms with Crippen LogP contribution in [-0.4, -0.2) is 26.6 Å². The zero-order valence-corrected chi connectivity index (χ0v) is 11.9. The van der Waals surface area contributed by atoms with Crippen LogP contribution in [0.3, 0.4) is 0 Å². The summed E-state index contributed by atoms with van der Waals surface area (Å²) in [4.78, 5) is 12.0. The van der Waals surface area contributed by atoms with Gasteiger partial charge in [0.2, 0.25) is 0 Å². The average molecular weight is 322 g/mol. The lowest BCUT2D eigenvalue weighted by Crippen LogP contribution is -2.29. The molecule has 0 bridgehead atoms. The van der Waals surface area contributed by atoms with E-state index in [-0.39, 0.29) is 12.1 Å². The molecule has 0 saturated heterocycles. The SMILES string of the molecule is O=C(NCCn1ccn2nccc12)c1ccccc1C(F)(F)F. The molecular weight excluding hydrogens is 309 g/mol. The fourth-order valence-corrected chi connectivity index (χ4v) is 2.37. The van der Waals surface area contributed by atoms with Crippen LogP contribution in [0, 0.1) is 0 Å². The molecule has 1 N–H and O–H groups in total. The minimum atomic E-state index is -4.56. The predicted molar refractivity (Wildman–Crippen MR) is 77.0 cm³/mol. The van der Waals surface area contributed by atoms with Gasteiger partial charge in [0.1, 0.15) is 5.65 Å². The van der Waals surface area contributed by atoms with E-state index in [9.17, 15) is 18.0 Å². The summed E-state index contributed by atoms with van der Waals surface area (Å²) in [6, 6.07) is 6.54. The first-order valence-corrected chi connectivity index (χ1v) is 6.90. The molecule has 1 amide bonds. The number of nitrogens with one attached hydrogen (secondary N) is 1. The number of rotatable bonds is 4. The number of nitrogens with zero attached hydrogens (tertiary/aromatic N) is 3. The second-order valence-electron chi connectivity index (χ2n) is 4.92. The molecule has 2 aromatic heterocycles. The molecule has 0 radical (unpaired) electrons. The Morgan fingerprint density at radius 1 is 1.17 bits per heavy atom. The molecule has 0 unspecified atom stereocenters. The van der Waals surface area contributed by atoms with E-state index in [1.165, 1.54) is 18.2 Å². The second-order valence-corrected chi connectivity index (χ2v) is 4.92. The molecule has 3 aromatic rings. The standard InChI is InChI=1S/C15H13F3N4O/c16-15(17,18)12-4-2-1-3-11(12)14(23)19-7-8-21-9-10-22-13(21)5-6-20-22/h1-6,9-10H,7-8H2,(H,19,23). The van der Waals surface area contributed by atoms with Crippen LogP contribution in [0.4, 0.5) is 13.2 Å². The van der Waals surface area contributed by atoms with Crippen molar-refractivity contribution in [2.24, 2.45) is 0 Å². The van der Waals surface area contributed by atoms with E-state index in [1.807, 2.05) is 4.57 Å². The lowest BCUT2D eigenvalue weighted by molar-refractivity contribution is -0.137. The number of amides is 1. The Morgan fingerprint density at radius 2 is 1.96 bits per heavy atom. The minimum Gasteiger partial charge on any atom is -0.350 e. The third-order valence-corrected chi connectivity index (χ3v) is 3.45. The fourth-order valence-electron chi connectivity index (χ4n) is 2.37. The molecular formula is C15H13F3N4O. The van der Waals surface area contributed by atoms with Gasteiger partial charge in [0.25, 0.3) is 5.91 Å². The van der Waals surface area contributed by atoms with Crippen molar-refractivity contribution in [3.05, 3.63) is 60.0 Å². The third kappa shape index (κ3) is 3.05. The number of hydrogen-bond acceptors (Lipinski definition) is 2. The van der Waals surface area contributed by atoms with E-state index in [1.54, 1.807) is 29.2 Å². The van der Waals surface area contributed by atoms with Crippen molar-refractivity contribution in [2.75, 3.05) is 6.54 Å². The van der Waals surface area contributed by atoms with Gasteiger partial charge in [0.05, 0.1) is 17.3 Å². The van der Waals surface area contributed by atoms with Gasteiger partial charge in [0, 0.05) is 31.5 Å². The van der Waals surface area contributed by atoms with E-state index >= 15 is 0 Å². The van der Waals surface area contributed by atoms with Crippen molar-refractivity contribution in [3.8, 4) is 0 Å². The molecule has 1 aromatic carbocycles. The summed E-state index contributed by atoms with van der Waals surface area (Å²) < 4.78 is 42.2. The highest BCUT2D eigenvalue weighted by atomic mass is 19.4. The third-order valence-electron chi connectivity index (χ3n) is 3.45. The zero-order valence-electron chi connectivity index (χ0n) is 11.9. The van der Waals surface area contributed by atoms with Crippen molar-refractivity contribution in [3.63, 3.8) is 0 Å². The van der Waals surface area contributed by atoms with Gasteiger partial charge in [-0.25, -0.2) is 4.52 Å². The lowest BCUT2D eigenvalue weighted by atomic mass is 10.1. The highest BCUT2D eigenvalue weighted by Gasteiger charge is 2.34. The summed E-state index contributed by atoms with van der Waals surface area (Å²) >= 11 is 0. The van der Waals surface area contributed by atoms with Gasteiger partial charge in [-0.05, 0) is 12.1 Å². The molecule has 0 atom stereocenters. The Labute approximate surface area is 129 Å². The van der Waals surface area contributed by atoms with Crippen molar-refractivity contribution in [1.82, 2.24) is 19.5 Å². The number of halogens is 3. The minimum absolute atomic E-state index is 0.209. The first-order valence-electron chi connectivity index (χ1n) is 6.90. The van der Waals surface area contributed by atoms with Gasteiger partial charge in [0.15, 0.2) is 0 Å². The van der Waals surface area contributed by atoms with Gasteiger partial charge in [-0.1, -0.05) is 12.1 Å². The fraction of sp³-hybridized carbons (Fsp3) is 0.200. The van der Waals surface area contributed by atoms with E-state index in [4.69, 9.17) is 0 Å². The lowest BCUT2D eigenvalue weighted by Gasteiger charge is -2.12. The summed E-state index contributed by atoms with van der Waals surface area (Å²) in [5.41, 5.74) is -0.464. The van der Waals surface area contributed by atoms with Crippen molar-refractivity contribution < 1.29 is 18.0 Å². The monoisotopic (exact) mass is 322 g/mol. The van der Waals surface area contributed by atoms with Gasteiger partial charge in [-0.3, -0.25) is 4.79 Å². The number of aromatic nitrogens is 3. The van der Waals surface area contributed by atoms with Crippen molar-refractivity contribution >= 4 is 11.6 Å². The number of alkyl halides is 3. The molecule has 0 aliphatic rings. The second kappa shape index (κ2) is 5.79. The van der Waals surface area contributed by atoms with Crippen LogP contribution in [0.15, 0.2) is 48.9 Å². The van der Waals surface area contributed by atoms with E-state index in [0.29, 0.717) is 6.54 Å². The summed E-state index contributed by atoms with van der Waals surface area (Å²) in [7, 11) is 0. The molecule has 8 heteroatoms. The Morgan fingerprint density at radius 3 is 2.74 bits per heavy atom. The smallest absolute Gasteiger partial charge is 0.350 e. The Hall–Kier alpha value is -2.77. The van der Waals surface area contributed by atoms with Crippen LogP contribution < -0.4 is 5.32 Å². The molecule has 3 rings (SSSR count). The quantitative estimate of drug-likeness (QED) is 0.803. The maximum atomic E-state index is 12.9. The molecule has 0 fully saturated rings. The Balaban J connectivity index is 1.67. The molecule has 0 aliphatic heterocycles. The van der Waals surface area contributed by atoms with E-state index < -0.39 is 17.6 Å². The summed E-state index contributed by atoms with van der Waals surface area (Å²) in [5, 5.41) is 6.57. The molecule has 0 saturated carbocycles. The maximum Gasteiger partial charge on any atom is 0.417 e. The van der Waals surface area contributed by atoms with Gasteiger partial charge in [-0.2, -0.15) is 18.3 Å². The highest BCUT2D eigenvalue weighted by Crippen LogP contribution is 2.31. The number of carbonyl (C=O) groups excluding carboxylic acids is 1. The summed E-state index contributed by atoms with van der Waals surface area (Å²) in [6.07, 6.45) is 0.635. The van der Waals surface area contributed by atoms with Crippen LogP contribution in [-0.2, 0) is 12.7 Å². The normalized spacial score (nSPS) is 11.8. The Kier molecular flexibility index (Phi) is 3.81.